The zero-order chi connectivity index (χ0) is 23.7. The number of carbonyl (C=O) groups is 2. The van der Waals surface area contributed by atoms with E-state index in [0.717, 1.165) is 23.1 Å². The van der Waals surface area contributed by atoms with Crippen LogP contribution in [0.4, 0.5) is 0 Å². The molecule has 2 aromatic carbocycles. The molecule has 0 heterocycles. The van der Waals surface area contributed by atoms with Crippen LogP contribution in [0.2, 0.25) is 0 Å². The highest BCUT2D eigenvalue weighted by Crippen LogP contribution is 2.23. The van der Waals surface area contributed by atoms with E-state index in [0.29, 0.717) is 32.4 Å². The first-order valence-electron chi connectivity index (χ1n) is 11.9. The molecule has 0 aromatic heterocycles. The van der Waals surface area contributed by atoms with Gasteiger partial charge < -0.3 is 10.2 Å². The van der Waals surface area contributed by atoms with Crippen LogP contribution in [0.3, 0.4) is 0 Å². The Morgan fingerprint density at radius 1 is 1.00 bits per heavy atom. The maximum atomic E-state index is 13.4. The first-order valence-corrected chi connectivity index (χ1v) is 11.9. The topological polar surface area (TPSA) is 49.4 Å². The van der Waals surface area contributed by atoms with Crippen molar-refractivity contribution in [1.29, 1.82) is 0 Å². The molecule has 0 radical (unpaired) electrons. The fraction of sp³-hybridized carbons (Fsp3) is 0.500. The smallest absolute Gasteiger partial charge is 0.242 e. The summed E-state index contributed by atoms with van der Waals surface area (Å²) in [6.07, 6.45) is 2.52. The first kappa shape index (κ1) is 25.6. The third-order valence-corrected chi connectivity index (χ3v) is 5.82. The first-order chi connectivity index (χ1) is 15.2. The van der Waals surface area contributed by atoms with Gasteiger partial charge in [0.25, 0.3) is 0 Å². The van der Waals surface area contributed by atoms with Gasteiger partial charge in [0.1, 0.15) is 6.04 Å². The Labute approximate surface area is 194 Å². The Kier molecular flexibility index (Phi) is 9.49. The van der Waals surface area contributed by atoms with Crippen LogP contribution >= 0.6 is 0 Å². The largest absolute Gasteiger partial charge is 0.354 e. The van der Waals surface area contributed by atoms with E-state index in [1.165, 1.54) is 5.56 Å². The van der Waals surface area contributed by atoms with E-state index in [-0.39, 0.29) is 17.2 Å². The number of nitrogens with one attached hydrogen (secondary N) is 1. The molecule has 0 aliphatic rings. The second kappa shape index (κ2) is 11.8. The van der Waals surface area contributed by atoms with E-state index < -0.39 is 6.04 Å². The van der Waals surface area contributed by atoms with Crippen LogP contribution in [-0.4, -0.2) is 29.3 Å². The molecular formula is C28H40N2O2. The van der Waals surface area contributed by atoms with Crippen molar-refractivity contribution in [3.8, 4) is 0 Å². The minimum Gasteiger partial charge on any atom is -0.354 e. The van der Waals surface area contributed by atoms with Crippen LogP contribution in [0.5, 0.6) is 0 Å². The third kappa shape index (κ3) is 7.51. The molecule has 174 valence electrons. The van der Waals surface area contributed by atoms with Crippen molar-refractivity contribution in [2.45, 2.75) is 85.2 Å². The highest BCUT2D eigenvalue weighted by molar-refractivity contribution is 5.87. The summed E-state index contributed by atoms with van der Waals surface area (Å²) in [6.45, 7) is 13.7. The number of nitrogens with zero attached hydrogens (tertiary/aromatic N) is 1. The second-order valence-electron chi connectivity index (χ2n) is 9.67. The molecule has 0 unspecified atom stereocenters. The van der Waals surface area contributed by atoms with Crippen molar-refractivity contribution in [2.24, 2.45) is 0 Å². The van der Waals surface area contributed by atoms with E-state index in [2.05, 4.69) is 56.4 Å². The highest BCUT2D eigenvalue weighted by atomic mass is 16.2. The Bertz CT molecular complexity index is 881. The van der Waals surface area contributed by atoms with Crippen molar-refractivity contribution < 1.29 is 9.59 Å². The van der Waals surface area contributed by atoms with Crippen LogP contribution in [0, 0.1) is 6.92 Å². The lowest BCUT2D eigenvalue weighted by atomic mass is 9.86. The molecule has 1 N–H and O–H groups in total. The second-order valence-corrected chi connectivity index (χ2v) is 9.67. The number of hydrogen-bond acceptors (Lipinski definition) is 2. The third-order valence-electron chi connectivity index (χ3n) is 5.82. The summed E-state index contributed by atoms with van der Waals surface area (Å²) in [6, 6.07) is 16.2. The SMILES string of the molecule is CCCNC(=O)[C@H](CC)N(Cc1cccc(C)c1)C(=O)CCc1ccc(C(C)(C)C)cc1. The lowest BCUT2D eigenvalue weighted by Gasteiger charge is -2.31. The molecule has 0 fully saturated rings. The van der Waals surface area contributed by atoms with Gasteiger partial charge in [-0.05, 0) is 48.3 Å². The lowest BCUT2D eigenvalue weighted by Crippen LogP contribution is -2.49. The lowest BCUT2D eigenvalue weighted by molar-refractivity contribution is -0.141. The molecule has 0 bridgehead atoms. The van der Waals surface area contributed by atoms with Crippen LogP contribution in [0.1, 0.15) is 76.1 Å². The minimum atomic E-state index is -0.460. The minimum absolute atomic E-state index is 0.0184. The summed E-state index contributed by atoms with van der Waals surface area (Å²) in [5.41, 5.74) is 4.74. The molecule has 4 nitrogen and oxygen atoms in total. The van der Waals surface area contributed by atoms with Gasteiger partial charge in [-0.3, -0.25) is 9.59 Å². The van der Waals surface area contributed by atoms with Crippen LogP contribution in [-0.2, 0) is 28.0 Å². The molecule has 2 rings (SSSR count). The quantitative estimate of drug-likeness (QED) is 0.530. The average Bonchev–Trinajstić information content (AvgIpc) is 2.75. The van der Waals surface area contributed by atoms with Gasteiger partial charge in [0.15, 0.2) is 0 Å². The van der Waals surface area contributed by atoms with Crippen LogP contribution < -0.4 is 5.32 Å². The standard InChI is InChI=1S/C28H40N2O2/c1-7-18-29-27(32)25(8-2)30(20-23-11-9-10-21(3)19-23)26(31)17-14-22-12-15-24(16-13-22)28(4,5)6/h9-13,15-16,19,25H,7-8,14,17-18,20H2,1-6H3,(H,29,32)/t25-/m0/s1. The van der Waals surface area contributed by atoms with Crippen molar-refractivity contribution in [3.63, 3.8) is 0 Å². The number of hydrogen-bond donors (Lipinski definition) is 1. The Balaban J connectivity index is 2.17. The molecular weight excluding hydrogens is 396 g/mol. The van der Waals surface area contributed by atoms with E-state index >= 15 is 0 Å². The molecule has 0 saturated carbocycles. The fourth-order valence-corrected chi connectivity index (χ4v) is 3.86. The van der Waals surface area contributed by atoms with Gasteiger partial charge in [-0.2, -0.15) is 0 Å². The summed E-state index contributed by atoms with van der Waals surface area (Å²) in [5, 5.41) is 2.98. The van der Waals surface area contributed by atoms with Gasteiger partial charge in [-0.1, -0.05) is 88.7 Å². The molecule has 32 heavy (non-hydrogen) atoms. The molecule has 0 spiro atoms. The summed E-state index contributed by atoms with van der Waals surface area (Å²) >= 11 is 0. The predicted octanol–water partition coefficient (Wildman–Crippen LogP) is 5.56. The highest BCUT2D eigenvalue weighted by Gasteiger charge is 2.28. The maximum Gasteiger partial charge on any atom is 0.242 e. The molecule has 0 aliphatic carbocycles. The number of aryl methyl sites for hydroxylation is 2. The number of rotatable bonds is 10. The van der Waals surface area contributed by atoms with E-state index in [1.807, 2.05) is 39.0 Å². The zero-order valence-electron chi connectivity index (χ0n) is 20.7. The molecule has 2 aromatic rings. The summed E-state index contributed by atoms with van der Waals surface area (Å²) < 4.78 is 0. The summed E-state index contributed by atoms with van der Waals surface area (Å²) in [7, 11) is 0. The van der Waals surface area contributed by atoms with Crippen molar-refractivity contribution in [2.75, 3.05) is 6.54 Å². The molecule has 4 heteroatoms. The molecule has 0 aliphatic heterocycles. The molecule has 0 saturated heterocycles. The predicted molar refractivity (Wildman–Crippen MR) is 133 cm³/mol. The van der Waals surface area contributed by atoms with Gasteiger partial charge in [0.05, 0.1) is 0 Å². The molecule has 1 atom stereocenters. The summed E-state index contributed by atoms with van der Waals surface area (Å²) in [4.78, 5) is 28.0. The van der Waals surface area contributed by atoms with Gasteiger partial charge in [-0.15, -0.1) is 0 Å². The average molecular weight is 437 g/mol. The van der Waals surface area contributed by atoms with Gasteiger partial charge in [-0.25, -0.2) is 0 Å². The van der Waals surface area contributed by atoms with E-state index in [1.54, 1.807) is 4.90 Å². The number of benzene rings is 2. The van der Waals surface area contributed by atoms with Gasteiger partial charge in [0.2, 0.25) is 11.8 Å². The Hall–Kier alpha value is -2.62. The molecule has 2 amide bonds. The van der Waals surface area contributed by atoms with Crippen LogP contribution in [0.15, 0.2) is 48.5 Å². The monoisotopic (exact) mass is 436 g/mol. The van der Waals surface area contributed by atoms with Crippen molar-refractivity contribution >= 4 is 11.8 Å². The van der Waals surface area contributed by atoms with E-state index in [4.69, 9.17) is 0 Å². The Morgan fingerprint density at radius 3 is 2.25 bits per heavy atom. The summed E-state index contributed by atoms with van der Waals surface area (Å²) in [5.74, 6) is -0.0465. The zero-order valence-corrected chi connectivity index (χ0v) is 20.7. The fourth-order valence-electron chi connectivity index (χ4n) is 3.86. The van der Waals surface area contributed by atoms with Gasteiger partial charge in [0, 0.05) is 19.5 Å². The normalized spacial score (nSPS) is 12.3. The maximum absolute atomic E-state index is 13.4. The number of amides is 2. The van der Waals surface area contributed by atoms with E-state index in [9.17, 15) is 9.59 Å². The van der Waals surface area contributed by atoms with Crippen molar-refractivity contribution in [3.05, 3.63) is 70.8 Å². The Morgan fingerprint density at radius 2 is 1.69 bits per heavy atom. The number of carbonyl (C=O) groups excluding carboxylic acids is 2. The van der Waals surface area contributed by atoms with Crippen LogP contribution in [0.25, 0.3) is 0 Å². The van der Waals surface area contributed by atoms with Crippen molar-refractivity contribution in [1.82, 2.24) is 10.2 Å². The van der Waals surface area contributed by atoms with Gasteiger partial charge >= 0.3 is 0 Å².